The summed E-state index contributed by atoms with van der Waals surface area (Å²) in [6.45, 7) is 1.62. The molecule has 0 aliphatic carbocycles. The lowest BCUT2D eigenvalue weighted by Crippen LogP contribution is -2.16. The van der Waals surface area contributed by atoms with Gasteiger partial charge in [0.15, 0.2) is 0 Å². The van der Waals surface area contributed by atoms with Crippen LogP contribution >= 0.6 is 0 Å². The van der Waals surface area contributed by atoms with Crippen molar-refractivity contribution < 1.29 is 10.1 Å². The summed E-state index contributed by atoms with van der Waals surface area (Å²) in [5, 5.41) is 27.5. The van der Waals surface area contributed by atoms with Crippen LogP contribution in [-0.2, 0) is 0 Å². The maximum absolute atomic E-state index is 10.5. The molecular formula is C9H8N4O3. The van der Waals surface area contributed by atoms with Gasteiger partial charge in [0.25, 0.3) is 5.69 Å². The zero-order valence-corrected chi connectivity index (χ0v) is 8.34. The predicted molar refractivity (Wildman–Crippen MR) is 55.5 cm³/mol. The lowest BCUT2D eigenvalue weighted by Gasteiger charge is -2.00. The Kier molecular flexibility index (Phi) is 3.53. The molecule has 7 heteroatoms. The van der Waals surface area contributed by atoms with E-state index in [1.807, 2.05) is 0 Å². The topological polar surface area (TPSA) is 112 Å². The largest absolute Gasteiger partial charge is 0.289 e. The van der Waals surface area contributed by atoms with Crippen molar-refractivity contribution >= 4 is 17.2 Å². The van der Waals surface area contributed by atoms with Gasteiger partial charge in [-0.2, -0.15) is 5.26 Å². The molecule has 0 radical (unpaired) electrons. The Bertz CT molecular complexity index is 490. The van der Waals surface area contributed by atoms with Gasteiger partial charge >= 0.3 is 0 Å². The van der Waals surface area contributed by atoms with Crippen LogP contribution in [0.15, 0.2) is 23.2 Å². The molecule has 82 valence electrons. The molecule has 2 N–H and O–H groups in total. The molecule has 0 aliphatic rings. The lowest BCUT2D eigenvalue weighted by molar-refractivity contribution is -0.384. The molecule has 0 spiro atoms. The number of nitrogens with zero attached hydrogens (tertiary/aromatic N) is 3. The van der Waals surface area contributed by atoms with Crippen molar-refractivity contribution in [2.24, 2.45) is 4.99 Å². The molecule has 0 aliphatic heterocycles. The maximum atomic E-state index is 10.5. The third-order valence-corrected chi connectivity index (χ3v) is 1.84. The summed E-state index contributed by atoms with van der Waals surface area (Å²) in [5.74, 6) is -0.281. The van der Waals surface area contributed by atoms with Gasteiger partial charge in [0.2, 0.25) is 5.84 Å². The van der Waals surface area contributed by atoms with E-state index in [1.54, 1.807) is 18.5 Å². The maximum Gasteiger partial charge on any atom is 0.269 e. The fourth-order valence-corrected chi connectivity index (χ4v) is 1.07. The van der Waals surface area contributed by atoms with Crippen LogP contribution in [0.25, 0.3) is 0 Å². The van der Waals surface area contributed by atoms with Crippen molar-refractivity contribution in [1.82, 2.24) is 5.48 Å². The van der Waals surface area contributed by atoms with E-state index < -0.39 is 4.92 Å². The first-order valence-corrected chi connectivity index (χ1v) is 4.22. The van der Waals surface area contributed by atoms with E-state index in [4.69, 9.17) is 10.5 Å². The van der Waals surface area contributed by atoms with Gasteiger partial charge < -0.3 is 0 Å². The van der Waals surface area contributed by atoms with E-state index in [-0.39, 0.29) is 11.5 Å². The van der Waals surface area contributed by atoms with Gasteiger partial charge in [-0.05, 0) is 18.6 Å². The molecule has 0 heterocycles. The number of hydrogen-bond acceptors (Lipinski definition) is 5. The fraction of sp³-hybridized carbons (Fsp3) is 0.111. The minimum Gasteiger partial charge on any atom is -0.289 e. The van der Waals surface area contributed by atoms with E-state index >= 15 is 0 Å². The molecule has 1 aromatic rings. The number of nitro groups is 1. The Balaban J connectivity index is 3.14. The van der Waals surface area contributed by atoms with Crippen molar-refractivity contribution in [3.05, 3.63) is 33.9 Å². The number of hydroxylamine groups is 1. The molecule has 0 saturated carbocycles. The summed E-state index contributed by atoms with van der Waals surface area (Å²) in [6, 6.07) is 5.64. The third kappa shape index (κ3) is 2.52. The predicted octanol–water partition coefficient (Wildman–Crippen LogP) is 1.44. The number of rotatable bonds is 2. The van der Waals surface area contributed by atoms with Gasteiger partial charge in [-0.1, -0.05) is 0 Å². The zero-order chi connectivity index (χ0) is 12.1. The van der Waals surface area contributed by atoms with Gasteiger partial charge in [0.05, 0.1) is 10.6 Å². The minimum absolute atomic E-state index is 0.0492. The van der Waals surface area contributed by atoms with Crippen LogP contribution < -0.4 is 5.48 Å². The third-order valence-electron chi connectivity index (χ3n) is 1.84. The highest BCUT2D eigenvalue weighted by atomic mass is 16.6. The molecule has 0 amide bonds. The van der Waals surface area contributed by atoms with Crippen LogP contribution in [0.4, 0.5) is 11.4 Å². The Morgan fingerprint density at radius 1 is 1.69 bits per heavy atom. The van der Waals surface area contributed by atoms with Gasteiger partial charge in [0.1, 0.15) is 6.07 Å². The summed E-state index contributed by atoms with van der Waals surface area (Å²) in [6.07, 6.45) is 0. The second-order valence-electron chi connectivity index (χ2n) is 2.91. The number of nitriles is 1. The molecule has 0 aromatic heterocycles. The number of nitrogens with one attached hydrogen (secondary N) is 1. The Hall–Kier alpha value is -2.46. The van der Waals surface area contributed by atoms with Crippen molar-refractivity contribution in [3.63, 3.8) is 0 Å². The van der Waals surface area contributed by atoms with Crippen molar-refractivity contribution in [3.8, 4) is 6.07 Å². The van der Waals surface area contributed by atoms with Crippen LogP contribution in [-0.4, -0.2) is 16.0 Å². The first-order chi connectivity index (χ1) is 7.58. The van der Waals surface area contributed by atoms with Crippen molar-refractivity contribution in [2.75, 3.05) is 0 Å². The summed E-state index contributed by atoms with van der Waals surface area (Å²) in [4.78, 5) is 13.7. The van der Waals surface area contributed by atoms with Crippen LogP contribution in [0.1, 0.15) is 5.56 Å². The number of benzene rings is 1. The average Bonchev–Trinajstić information content (AvgIpc) is 2.27. The van der Waals surface area contributed by atoms with E-state index in [1.165, 1.54) is 18.2 Å². The van der Waals surface area contributed by atoms with E-state index in [9.17, 15) is 10.1 Å². The summed E-state index contributed by atoms with van der Waals surface area (Å²) in [7, 11) is 0. The van der Waals surface area contributed by atoms with E-state index in [0.29, 0.717) is 11.3 Å². The Morgan fingerprint density at radius 3 is 2.81 bits per heavy atom. The van der Waals surface area contributed by atoms with Gasteiger partial charge in [-0.15, -0.1) is 0 Å². The van der Waals surface area contributed by atoms with Gasteiger partial charge in [-0.25, -0.2) is 10.5 Å². The highest BCUT2D eigenvalue weighted by molar-refractivity contribution is 5.97. The molecule has 0 bridgehead atoms. The molecular weight excluding hydrogens is 212 g/mol. The number of hydrogen-bond donors (Lipinski definition) is 2. The van der Waals surface area contributed by atoms with Crippen LogP contribution in [0.3, 0.4) is 0 Å². The number of aryl methyl sites for hydroxylation is 1. The smallest absolute Gasteiger partial charge is 0.269 e. The van der Waals surface area contributed by atoms with E-state index in [0.717, 1.165) is 0 Å². The van der Waals surface area contributed by atoms with Crippen molar-refractivity contribution in [2.45, 2.75) is 6.92 Å². The van der Waals surface area contributed by atoms with Crippen LogP contribution in [0.2, 0.25) is 0 Å². The molecule has 1 aromatic carbocycles. The molecule has 0 unspecified atom stereocenters. The second-order valence-corrected chi connectivity index (χ2v) is 2.91. The zero-order valence-electron chi connectivity index (χ0n) is 8.34. The van der Waals surface area contributed by atoms with Crippen molar-refractivity contribution in [1.29, 1.82) is 5.26 Å². The quantitative estimate of drug-likeness (QED) is 0.339. The number of non-ortho nitro benzene ring substituents is 1. The highest BCUT2D eigenvalue weighted by Gasteiger charge is 2.08. The minimum atomic E-state index is -0.518. The SMILES string of the molecule is Cc1cc([N+](=O)[O-])ccc1N=C(C#N)NO. The first-order valence-electron chi connectivity index (χ1n) is 4.22. The molecule has 16 heavy (non-hydrogen) atoms. The molecule has 7 nitrogen and oxygen atoms in total. The second kappa shape index (κ2) is 4.86. The molecule has 0 atom stereocenters. The number of nitro benzene ring substituents is 1. The average molecular weight is 220 g/mol. The monoisotopic (exact) mass is 220 g/mol. The van der Waals surface area contributed by atoms with Gasteiger partial charge in [0, 0.05) is 12.1 Å². The summed E-state index contributed by atoms with van der Waals surface area (Å²) in [5.41, 5.74) is 2.49. The van der Waals surface area contributed by atoms with Crippen LogP contribution in [0, 0.1) is 28.4 Å². The molecule has 0 saturated heterocycles. The number of amidine groups is 1. The Labute approximate surface area is 90.8 Å². The normalized spacial score (nSPS) is 10.7. The summed E-state index contributed by atoms with van der Waals surface area (Å²) < 4.78 is 0. The fourth-order valence-electron chi connectivity index (χ4n) is 1.07. The molecule has 1 rings (SSSR count). The van der Waals surface area contributed by atoms with E-state index in [2.05, 4.69) is 4.99 Å². The lowest BCUT2D eigenvalue weighted by atomic mass is 10.2. The first kappa shape index (κ1) is 11.6. The standard InChI is InChI=1S/C9H8N4O3/c1-6-4-7(13(15)16)2-3-8(6)11-9(5-10)12-14/h2-4,14H,1H3,(H,11,12). The van der Waals surface area contributed by atoms with Crippen LogP contribution in [0.5, 0.6) is 0 Å². The molecule has 0 fully saturated rings. The Morgan fingerprint density at radius 2 is 2.38 bits per heavy atom. The highest BCUT2D eigenvalue weighted by Crippen LogP contribution is 2.23. The number of aliphatic imine (C=N–C) groups is 1. The van der Waals surface area contributed by atoms with Gasteiger partial charge in [-0.3, -0.25) is 15.3 Å². The summed E-state index contributed by atoms with van der Waals surface area (Å²) >= 11 is 0.